The van der Waals surface area contributed by atoms with Crippen molar-refractivity contribution in [2.24, 2.45) is 0 Å². The van der Waals surface area contributed by atoms with E-state index in [0.29, 0.717) is 28.0 Å². The van der Waals surface area contributed by atoms with Gasteiger partial charge in [-0.15, -0.1) is 0 Å². The zero-order valence-electron chi connectivity index (χ0n) is 10.1. The van der Waals surface area contributed by atoms with Crippen molar-refractivity contribution in [1.29, 1.82) is 0 Å². The standard InChI is InChI=1S/C13H11Cl2NO3/c1-18-13(17)12-5-3-9(19-12)7-16-11-6-8(14)2-4-10(11)15/h2-6,16H,7H2,1H3. The van der Waals surface area contributed by atoms with E-state index >= 15 is 0 Å². The first-order valence-corrected chi connectivity index (χ1v) is 6.21. The number of benzene rings is 1. The molecule has 1 N–H and O–H groups in total. The first-order valence-electron chi connectivity index (χ1n) is 5.46. The molecule has 0 unspecified atom stereocenters. The minimum absolute atomic E-state index is 0.163. The molecule has 0 aliphatic heterocycles. The highest BCUT2D eigenvalue weighted by Gasteiger charge is 2.11. The van der Waals surface area contributed by atoms with Crippen molar-refractivity contribution in [2.75, 3.05) is 12.4 Å². The van der Waals surface area contributed by atoms with Crippen LogP contribution in [0.25, 0.3) is 0 Å². The zero-order valence-corrected chi connectivity index (χ0v) is 11.6. The highest BCUT2D eigenvalue weighted by atomic mass is 35.5. The van der Waals surface area contributed by atoms with Gasteiger partial charge in [-0.05, 0) is 30.3 Å². The van der Waals surface area contributed by atoms with Crippen LogP contribution >= 0.6 is 23.2 Å². The minimum Gasteiger partial charge on any atom is -0.463 e. The molecule has 0 aliphatic rings. The molecule has 2 rings (SSSR count). The van der Waals surface area contributed by atoms with Gasteiger partial charge >= 0.3 is 5.97 Å². The molecule has 0 spiro atoms. The van der Waals surface area contributed by atoms with Gasteiger partial charge in [0.15, 0.2) is 0 Å². The summed E-state index contributed by atoms with van der Waals surface area (Å²) in [5.41, 5.74) is 0.699. The summed E-state index contributed by atoms with van der Waals surface area (Å²) in [6.45, 7) is 0.386. The molecule has 4 nitrogen and oxygen atoms in total. The van der Waals surface area contributed by atoms with Crippen LogP contribution < -0.4 is 5.32 Å². The summed E-state index contributed by atoms with van der Waals surface area (Å²) in [6.07, 6.45) is 0. The highest BCUT2D eigenvalue weighted by Crippen LogP contribution is 2.26. The van der Waals surface area contributed by atoms with E-state index in [0.717, 1.165) is 0 Å². The molecule has 100 valence electrons. The summed E-state index contributed by atoms with van der Waals surface area (Å²) >= 11 is 11.9. The fourth-order valence-electron chi connectivity index (χ4n) is 1.50. The maximum Gasteiger partial charge on any atom is 0.373 e. The van der Waals surface area contributed by atoms with Gasteiger partial charge in [0.25, 0.3) is 0 Å². The summed E-state index contributed by atoms with van der Waals surface area (Å²) in [6, 6.07) is 8.37. The van der Waals surface area contributed by atoms with Crippen molar-refractivity contribution < 1.29 is 13.9 Å². The van der Waals surface area contributed by atoms with Crippen LogP contribution in [0.15, 0.2) is 34.7 Å². The predicted octanol–water partition coefficient (Wildman–Crippen LogP) is 3.99. The Morgan fingerprint density at radius 3 is 2.84 bits per heavy atom. The molecule has 0 bridgehead atoms. The van der Waals surface area contributed by atoms with Gasteiger partial charge in [0.1, 0.15) is 5.76 Å². The van der Waals surface area contributed by atoms with Gasteiger partial charge in [-0.2, -0.15) is 0 Å². The van der Waals surface area contributed by atoms with E-state index < -0.39 is 5.97 Å². The van der Waals surface area contributed by atoms with Gasteiger partial charge in [0.2, 0.25) is 5.76 Å². The molecular formula is C13H11Cl2NO3. The van der Waals surface area contributed by atoms with Crippen molar-refractivity contribution >= 4 is 34.9 Å². The van der Waals surface area contributed by atoms with Gasteiger partial charge < -0.3 is 14.5 Å². The Hall–Kier alpha value is -1.65. The molecule has 0 atom stereocenters. The van der Waals surface area contributed by atoms with Crippen molar-refractivity contribution in [3.05, 3.63) is 51.9 Å². The Morgan fingerprint density at radius 1 is 1.32 bits per heavy atom. The van der Waals surface area contributed by atoms with Crippen LogP contribution in [0.5, 0.6) is 0 Å². The molecule has 19 heavy (non-hydrogen) atoms. The van der Waals surface area contributed by atoms with Gasteiger partial charge in [-0.1, -0.05) is 23.2 Å². The normalized spacial score (nSPS) is 10.3. The number of ether oxygens (including phenoxy) is 1. The molecule has 0 amide bonds. The van der Waals surface area contributed by atoms with Crippen LogP contribution in [0.2, 0.25) is 10.0 Å². The molecular weight excluding hydrogens is 289 g/mol. The van der Waals surface area contributed by atoms with E-state index in [-0.39, 0.29) is 5.76 Å². The third kappa shape index (κ3) is 3.43. The third-order valence-corrected chi connectivity index (χ3v) is 2.99. The smallest absolute Gasteiger partial charge is 0.373 e. The maximum atomic E-state index is 11.2. The van der Waals surface area contributed by atoms with Crippen LogP contribution in [-0.4, -0.2) is 13.1 Å². The molecule has 2 aromatic rings. The van der Waals surface area contributed by atoms with Crippen LogP contribution in [0.1, 0.15) is 16.3 Å². The first-order chi connectivity index (χ1) is 9.10. The van der Waals surface area contributed by atoms with Crippen molar-refractivity contribution in [1.82, 2.24) is 0 Å². The second-order valence-electron chi connectivity index (χ2n) is 3.74. The number of carbonyl (C=O) groups is 1. The third-order valence-electron chi connectivity index (χ3n) is 2.43. The van der Waals surface area contributed by atoms with Gasteiger partial charge in [-0.25, -0.2) is 4.79 Å². The van der Waals surface area contributed by atoms with Crippen LogP contribution in [-0.2, 0) is 11.3 Å². The number of nitrogens with one attached hydrogen (secondary N) is 1. The van der Waals surface area contributed by atoms with Crippen molar-refractivity contribution in [2.45, 2.75) is 6.54 Å². The number of anilines is 1. The van der Waals surface area contributed by atoms with E-state index in [1.165, 1.54) is 7.11 Å². The number of esters is 1. The Labute approximate surface area is 120 Å². The fourth-order valence-corrected chi connectivity index (χ4v) is 1.85. The number of halogens is 2. The van der Waals surface area contributed by atoms with E-state index in [4.69, 9.17) is 27.6 Å². The summed E-state index contributed by atoms with van der Waals surface area (Å²) in [4.78, 5) is 11.2. The predicted molar refractivity (Wildman–Crippen MR) is 73.8 cm³/mol. The molecule has 0 radical (unpaired) electrons. The SMILES string of the molecule is COC(=O)c1ccc(CNc2cc(Cl)ccc2Cl)o1. The summed E-state index contributed by atoms with van der Waals surface area (Å²) in [7, 11) is 1.30. The molecule has 6 heteroatoms. The van der Waals surface area contributed by atoms with Gasteiger partial charge in [0.05, 0.1) is 24.4 Å². The fraction of sp³-hybridized carbons (Fsp3) is 0.154. The van der Waals surface area contributed by atoms with Crippen molar-refractivity contribution in [3.63, 3.8) is 0 Å². The molecule has 0 saturated heterocycles. The van der Waals surface area contributed by atoms with Crippen LogP contribution in [0.3, 0.4) is 0 Å². The van der Waals surface area contributed by atoms with Crippen LogP contribution in [0, 0.1) is 0 Å². The topological polar surface area (TPSA) is 51.5 Å². The lowest BCUT2D eigenvalue weighted by atomic mass is 10.3. The molecule has 1 aromatic carbocycles. The number of furan rings is 1. The molecule has 1 heterocycles. The lowest BCUT2D eigenvalue weighted by Gasteiger charge is -2.07. The van der Waals surface area contributed by atoms with E-state index in [2.05, 4.69) is 10.1 Å². The second-order valence-corrected chi connectivity index (χ2v) is 4.58. The lowest BCUT2D eigenvalue weighted by Crippen LogP contribution is -2.00. The number of methoxy groups -OCH3 is 1. The Bertz CT molecular complexity index is 595. The summed E-state index contributed by atoms with van der Waals surface area (Å²) in [5.74, 6) is 0.250. The van der Waals surface area contributed by atoms with Crippen LogP contribution in [0.4, 0.5) is 5.69 Å². The minimum atomic E-state index is -0.507. The first kappa shape index (κ1) is 13.8. The van der Waals surface area contributed by atoms with E-state index in [1.54, 1.807) is 30.3 Å². The second kappa shape index (κ2) is 5.99. The molecule has 0 fully saturated rings. The number of carbonyl (C=O) groups excluding carboxylic acids is 1. The zero-order chi connectivity index (χ0) is 13.8. The monoisotopic (exact) mass is 299 g/mol. The average molecular weight is 300 g/mol. The maximum absolute atomic E-state index is 11.2. The lowest BCUT2D eigenvalue weighted by molar-refractivity contribution is 0.0563. The molecule has 0 aliphatic carbocycles. The quantitative estimate of drug-likeness (QED) is 0.868. The van der Waals surface area contributed by atoms with E-state index in [9.17, 15) is 4.79 Å². The Morgan fingerprint density at radius 2 is 2.11 bits per heavy atom. The number of hydrogen-bond donors (Lipinski definition) is 1. The average Bonchev–Trinajstić information content (AvgIpc) is 2.88. The van der Waals surface area contributed by atoms with E-state index in [1.807, 2.05) is 0 Å². The highest BCUT2D eigenvalue weighted by molar-refractivity contribution is 6.35. The molecule has 0 saturated carbocycles. The Kier molecular flexibility index (Phi) is 4.35. The summed E-state index contributed by atoms with van der Waals surface area (Å²) < 4.78 is 9.87. The van der Waals surface area contributed by atoms with Gasteiger partial charge in [-0.3, -0.25) is 0 Å². The Balaban J connectivity index is 2.04. The number of rotatable bonds is 4. The van der Waals surface area contributed by atoms with Gasteiger partial charge in [0, 0.05) is 5.02 Å². The van der Waals surface area contributed by atoms with Crippen molar-refractivity contribution in [3.8, 4) is 0 Å². The number of hydrogen-bond acceptors (Lipinski definition) is 4. The summed E-state index contributed by atoms with van der Waals surface area (Å²) in [5, 5.41) is 4.22. The largest absolute Gasteiger partial charge is 0.463 e. The molecule has 1 aromatic heterocycles.